The maximum Gasteiger partial charge on any atom is 0.128 e. The summed E-state index contributed by atoms with van der Waals surface area (Å²) in [6.45, 7) is 13.7. The van der Waals surface area contributed by atoms with Crippen LogP contribution in [0.5, 0.6) is 0 Å². The lowest BCUT2D eigenvalue weighted by Crippen LogP contribution is -2.25. The van der Waals surface area contributed by atoms with E-state index in [-0.39, 0.29) is 0 Å². The zero-order valence-corrected chi connectivity index (χ0v) is 14.5. The number of rotatable bonds is 9. The van der Waals surface area contributed by atoms with Gasteiger partial charge in [0.25, 0.3) is 0 Å². The maximum atomic E-state index is 5.09. The van der Waals surface area contributed by atoms with Gasteiger partial charge >= 0.3 is 0 Å². The topological polar surface area (TPSA) is 47.0 Å². The molecule has 4 heteroatoms. The Morgan fingerprint density at radius 1 is 1.05 bits per heavy atom. The highest BCUT2D eigenvalue weighted by Gasteiger charge is 2.15. The summed E-state index contributed by atoms with van der Waals surface area (Å²) in [5.74, 6) is 2.06. The molecule has 0 aromatic carbocycles. The molecule has 0 bridgehead atoms. The molecule has 0 saturated heterocycles. The number of nitrogens with zero attached hydrogens (tertiary/aromatic N) is 2. The lowest BCUT2D eigenvalue weighted by molar-refractivity contribution is 0.194. The van der Waals surface area contributed by atoms with Crippen LogP contribution in [0.25, 0.3) is 0 Å². The number of nitrogens with one attached hydrogen (secondary N) is 1. The van der Waals surface area contributed by atoms with E-state index in [1.165, 1.54) is 5.56 Å². The summed E-state index contributed by atoms with van der Waals surface area (Å²) in [4.78, 5) is 9.35. The molecule has 1 aromatic rings. The van der Waals surface area contributed by atoms with Crippen LogP contribution in [0.2, 0.25) is 0 Å². The van der Waals surface area contributed by atoms with Gasteiger partial charge in [0.05, 0.1) is 0 Å². The van der Waals surface area contributed by atoms with E-state index >= 15 is 0 Å². The monoisotopic (exact) mass is 293 g/mol. The second kappa shape index (κ2) is 9.11. The SMILES string of the molecule is COCCCc1nc(C)c(C(C)CNCC(C)C)c(C)n1. The zero-order chi connectivity index (χ0) is 15.8. The summed E-state index contributed by atoms with van der Waals surface area (Å²) >= 11 is 0. The van der Waals surface area contributed by atoms with Crippen LogP contribution in [-0.4, -0.2) is 36.8 Å². The standard InChI is InChI=1S/C17H31N3O/c1-12(2)10-18-11-13(3)17-14(4)19-16(20-15(17)5)8-7-9-21-6/h12-13,18H,7-11H2,1-6H3. The van der Waals surface area contributed by atoms with Crippen molar-refractivity contribution >= 4 is 0 Å². The highest BCUT2D eigenvalue weighted by Crippen LogP contribution is 2.21. The fourth-order valence-electron chi connectivity index (χ4n) is 2.68. The Morgan fingerprint density at radius 2 is 1.67 bits per heavy atom. The molecule has 0 aliphatic carbocycles. The Labute approximate surface area is 129 Å². The Morgan fingerprint density at radius 3 is 2.19 bits per heavy atom. The van der Waals surface area contributed by atoms with E-state index in [0.717, 1.165) is 49.8 Å². The van der Waals surface area contributed by atoms with Crippen molar-refractivity contribution in [2.75, 3.05) is 26.8 Å². The minimum atomic E-state index is 0.441. The quantitative estimate of drug-likeness (QED) is 0.711. The minimum absolute atomic E-state index is 0.441. The Hall–Kier alpha value is -1.00. The molecular weight excluding hydrogens is 262 g/mol. The van der Waals surface area contributed by atoms with Gasteiger partial charge in [-0.05, 0) is 44.2 Å². The van der Waals surface area contributed by atoms with Crippen LogP contribution in [0.4, 0.5) is 0 Å². The third-order valence-electron chi connectivity index (χ3n) is 3.62. The number of aryl methyl sites for hydroxylation is 3. The largest absolute Gasteiger partial charge is 0.385 e. The van der Waals surface area contributed by atoms with E-state index in [1.807, 2.05) is 0 Å². The summed E-state index contributed by atoms with van der Waals surface area (Å²) in [6, 6.07) is 0. The second-order valence-corrected chi connectivity index (χ2v) is 6.27. The van der Waals surface area contributed by atoms with Crippen molar-refractivity contribution in [2.45, 2.75) is 53.4 Å². The van der Waals surface area contributed by atoms with Gasteiger partial charge in [-0.3, -0.25) is 0 Å². The molecule has 21 heavy (non-hydrogen) atoms. The molecule has 0 radical (unpaired) electrons. The van der Waals surface area contributed by atoms with Gasteiger partial charge < -0.3 is 10.1 Å². The molecule has 4 nitrogen and oxygen atoms in total. The lowest BCUT2D eigenvalue weighted by Gasteiger charge is -2.18. The van der Waals surface area contributed by atoms with Crippen molar-refractivity contribution in [1.29, 1.82) is 0 Å². The van der Waals surface area contributed by atoms with Crippen molar-refractivity contribution in [3.63, 3.8) is 0 Å². The minimum Gasteiger partial charge on any atom is -0.385 e. The predicted molar refractivity (Wildman–Crippen MR) is 87.8 cm³/mol. The first-order chi connectivity index (χ1) is 9.95. The summed E-state index contributed by atoms with van der Waals surface area (Å²) in [5, 5.41) is 3.52. The van der Waals surface area contributed by atoms with Crippen molar-refractivity contribution in [3.05, 3.63) is 22.8 Å². The van der Waals surface area contributed by atoms with Crippen LogP contribution in [0.1, 0.15) is 55.9 Å². The summed E-state index contributed by atoms with van der Waals surface area (Å²) in [7, 11) is 1.73. The van der Waals surface area contributed by atoms with Gasteiger partial charge in [-0.1, -0.05) is 20.8 Å². The first kappa shape index (κ1) is 18.1. The van der Waals surface area contributed by atoms with E-state index < -0.39 is 0 Å². The van der Waals surface area contributed by atoms with Crippen LogP contribution < -0.4 is 5.32 Å². The molecule has 0 aliphatic heterocycles. The molecule has 0 aliphatic rings. The number of ether oxygens (including phenoxy) is 1. The number of hydrogen-bond donors (Lipinski definition) is 1. The fraction of sp³-hybridized carbons (Fsp3) is 0.765. The van der Waals surface area contributed by atoms with Gasteiger partial charge in [0.1, 0.15) is 5.82 Å². The third kappa shape index (κ3) is 6.10. The molecule has 1 unspecified atom stereocenters. The van der Waals surface area contributed by atoms with Crippen LogP contribution >= 0.6 is 0 Å². The smallest absolute Gasteiger partial charge is 0.128 e. The van der Waals surface area contributed by atoms with E-state index in [4.69, 9.17) is 4.74 Å². The summed E-state index contributed by atoms with van der Waals surface area (Å²) < 4.78 is 5.09. The second-order valence-electron chi connectivity index (χ2n) is 6.27. The van der Waals surface area contributed by atoms with Gasteiger partial charge in [-0.2, -0.15) is 0 Å². The molecule has 0 fully saturated rings. The van der Waals surface area contributed by atoms with Crippen molar-refractivity contribution in [1.82, 2.24) is 15.3 Å². The van der Waals surface area contributed by atoms with Gasteiger partial charge in [0.2, 0.25) is 0 Å². The summed E-state index contributed by atoms with van der Waals surface area (Å²) in [5.41, 5.74) is 3.53. The van der Waals surface area contributed by atoms with Gasteiger partial charge in [0.15, 0.2) is 0 Å². The summed E-state index contributed by atoms with van der Waals surface area (Å²) in [6.07, 6.45) is 1.86. The van der Waals surface area contributed by atoms with Crippen LogP contribution in [-0.2, 0) is 11.2 Å². The zero-order valence-electron chi connectivity index (χ0n) is 14.5. The Bertz CT molecular complexity index is 409. The highest BCUT2D eigenvalue weighted by molar-refractivity contribution is 5.28. The normalized spacial score (nSPS) is 12.9. The number of aromatic nitrogens is 2. The molecule has 1 aromatic heterocycles. The van der Waals surface area contributed by atoms with Crippen LogP contribution in [0.3, 0.4) is 0 Å². The molecule has 1 atom stereocenters. The number of methoxy groups -OCH3 is 1. The third-order valence-corrected chi connectivity index (χ3v) is 3.62. The lowest BCUT2D eigenvalue weighted by atomic mass is 9.97. The van der Waals surface area contributed by atoms with Gasteiger partial charge in [0, 0.05) is 38.1 Å². The molecule has 0 spiro atoms. The molecule has 0 saturated carbocycles. The Balaban J connectivity index is 2.69. The molecule has 120 valence electrons. The Kier molecular flexibility index (Phi) is 7.83. The van der Waals surface area contributed by atoms with Crippen LogP contribution in [0.15, 0.2) is 0 Å². The average Bonchev–Trinajstić information content (AvgIpc) is 2.37. The van der Waals surface area contributed by atoms with Gasteiger partial charge in [-0.15, -0.1) is 0 Å². The van der Waals surface area contributed by atoms with E-state index in [1.54, 1.807) is 7.11 Å². The molecule has 1 N–H and O–H groups in total. The first-order valence-electron chi connectivity index (χ1n) is 7.99. The van der Waals surface area contributed by atoms with Crippen molar-refractivity contribution in [2.24, 2.45) is 5.92 Å². The van der Waals surface area contributed by atoms with Crippen molar-refractivity contribution < 1.29 is 4.74 Å². The van der Waals surface area contributed by atoms with E-state index in [0.29, 0.717) is 11.8 Å². The molecule has 1 heterocycles. The van der Waals surface area contributed by atoms with E-state index in [2.05, 4.69) is 49.9 Å². The predicted octanol–water partition coefficient (Wildman–Crippen LogP) is 3.02. The molecule has 1 rings (SSSR count). The van der Waals surface area contributed by atoms with Crippen LogP contribution in [0, 0.1) is 19.8 Å². The van der Waals surface area contributed by atoms with E-state index in [9.17, 15) is 0 Å². The maximum absolute atomic E-state index is 5.09. The van der Waals surface area contributed by atoms with Crippen molar-refractivity contribution in [3.8, 4) is 0 Å². The highest BCUT2D eigenvalue weighted by atomic mass is 16.5. The molecule has 0 amide bonds. The fourth-order valence-corrected chi connectivity index (χ4v) is 2.68. The number of hydrogen-bond acceptors (Lipinski definition) is 4. The average molecular weight is 293 g/mol. The molecular formula is C17H31N3O. The first-order valence-corrected chi connectivity index (χ1v) is 7.99. The van der Waals surface area contributed by atoms with Gasteiger partial charge in [-0.25, -0.2) is 9.97 Å².